The van der Waals surface area contributed by atoms with Crippen LogP contribution in [0.2, 0.25) is 0 Å². The highest BCUT2D eigenvalue weighted by atomic mass is 35.5. The maximum Gasteiger partial charge on any atom is 0.228 e. The predicted molar refractivity (Wildman–Crippen MR) is 87.0 cm³/mol. The predicted octanol–water partition coefficient (Wildman–Crippen LogP) is 1.88. The summed E-state index contributed by atoms with van der Waals surface area (Å²) in [5.74, 6) is 1.67. The van der Waals surface area contributed by atoms with E-state index < -0.39 is 0 Å². The summed E-state index contributed by atoms with van der Waals surface area (Å²) in [6.45, 7) is 4.05. The van der Waals surface area contributed by atoms with Gasteiger partial charge in [-0.1, -0.05) is 18.0 Å². The van der Waals surface area contributed by atoms with Gasteiger partial charge in [0.15, 0.2) is 5.82 Å². The highest BCUT2D eigenvalue weighted by Crippen LogP contribution is 2.24. The topological polar surface area (TPSA) is 80.0 Å². The number of aromatic nitrogens is 2. The Labute approximate surface area is 138 Å². The molecule has 1 amide bonds. The fraction of sp³-hybridized carbons (Fsp3) is 0.800. The first-order valence-electron chi connectivity index (χ1n) is 7.87. The van der Waals surface area contributed by atoms with E-state index in [1.54, 1.807) is 0 Å². The van der Waals surface area contributed by atoms with Gasteiger partial charge in [-0.25, -0.2) is 0 Å². The highest BCUT2D eigenvalue weighted by molar-refractivity contribution is 5.85. The van der Waals surface area contributed by atoms with Crippen LogP contribution < -0.4 is 10.6 Å². The Kier molecular flexibility index (Phi) is 7.82. The first-order valence-corrected chi connectivity index (χ1v) is 7.87. The first kappa shape index (κ1) is 18.9. The Balaban J connectivity index is 0.00000242. The SMILES string of the molecule is CNC(C)Cc1noc(CC(C)NC(=O)C2CCCC2)n1.Cl. The van der Waals surface area contributed by atoms with Gasteiger partial charge in [0.1, 0.15) is 0 Å². The van der Waals surface area contributed by atoms with E-state index in [4.69, 9.17) is 4.52 Å². The van der Waals surface area contributed by atoms with Gasteiger partial charge in [0.05, 0.1) is 0 Å². The minimum atomic E-state index is 0. The van der Waals surface area contributed by atoms with E-state index in [2.05, 4.69) is 27.7 Å². The third-order valence-corrected chi connectivity index (χ3v) is 4.09. The van der Waals surface area contributed by atoms with Gasteiger partial charge in [-0.3, -0.25) is 4.79 Å². The molecule has 1 aromatic rings. The standard InChI is InChI=1S/C15H26N4O2.ClH/c1-10(16-3)8-13-18-14(21-19-13)9-11(2)17-15(20)12-6-4-5-7-12;/h10-12,16H,4-9H2,1-3H3,(H,17,20);1H. The summed E-state index contributed by atoms with van der Waals surface area (Å²) in [6.07, 6.45) is 5.70. The second-order valence-corrected chi connectivity index (χ2v) is 6.09. The summed E-state index contributed by atoms with van der Waals surface area (Å²) in [6, 6.07) is 0.336. The molecule has 6 nitrogen and oxygen atoms in total. The number of halogens is 1. The third kappa shape index (κ3) is 5.57. The molecule has 0 radical (unpaired) electrons. The second-order valence-electron chi connectivity index (χ2n) is 6.09. The van der Waals surface area contributed by atoms with Crippen LogP contribution >= 0.6 is 12.4 Å². The van der Waals surface area contributed by atoms with E-state index in [0.717, 1.165) is 19.3 Å². The molecule has 0 saturated heterocycles. The van der Waals surface area contributed by atoms with Crippen LogP contribution in [0.25, 0.3) is 0 Å². The van der Waals surface area contributed by atoms with Crippen LogP contribution in [0.1, 0.15) is 51.2 Å². The normalized spacial score (nSPS) is 17.8. The average Bonchev–Trinajstić information content (AvgIpc) is 3.10. The van der Waals surface area contributed by atoms with E-state index in [9.17, 15) is 4.79 Å². The Bertz CT molecular complexity index is 460. The van der Waals surface area contributed by atoms with Gasteiger partial charge in [-0.15, -0.1) is 12.4 Å². The van der Waals surface area contributed by atoms with Crippen LogP contribution in [0.4, 0.5) is 0 Å². The number of carbonyl (C=O) groups excluding carboxylic acids is 1. The zero-order valence-corrected chi connectivity index (χ0v) is 14.4. The number of hydrogen-bond donors (Lipinski definition) is 2. The summed E-state index contributed by atoms with van der Waals surface area (Å²) in [5, 5.41) is 10.2. The van der Waals surface area contributed by atoms with Crippen molar-refractivity contribution in [2.45, 2.75) is 64.5 Å². The molecule has 126 valence electrons. The van der Waals surface area contributed by atoms with Gasteiger partial charge in [-0.2, -0.15) is 4.98 Å². The smallest absolute Gasteiger partial charge is 0.228 e. The van der Waals surface area contributed by atoms with Gasteiger partial charge in [0, 0.05) is 30.8 Å². The summed E-state index contributed by atoms with van der Waals surface area (Å²) >= 11 is 0. The third-order valence-electron chi connectivity index (χ3n) is 4.09. The minimum Gasteiger partial charge on any atom is -0.353 e. The van der Waals surface area contributed by atoms with Crippen LogP contribution in [0.5, 0.6) is 0 Å². The van der Waals surface area contributed by atoms with Crippen molar-refractivity contribution in [3.63, 3.8) is 0 Å². The van der Waals surface area contributed by atoms with Crippen molar-refractivity contribution in [2.24, 2.45) is 5.92 Å². The van der Waals surface area contributed by atoms with Crippen LogP contribution in [0.3, 0.4) is 0 Å². The van der Waals surface area contributed by atoms with Crippen molar-refractivity contribution in [3.8, 4) is 0 Å². The Morgan fingerprint density at radius 3 is 2.59 bits per heavy atom. The number of nitrogens with one attached hydrogen (secondary N) is 2. The van der Waals surface area contributed by atoms with E-state index in [0.29, 0.717) is 24.2 Å². The molecule has 2 unspecified atom stereocenters. The molecule has 2 atom stereocenters. The molecule has 1 aromatic heterocycles. The minimum absolute atomic E-state index is 0. The summed E-state index contributed by atoms with van der Waals surface area (Å²) in [4.78, 5) is 16.4. The maximum atomic E-state index is 12.0. The van der Waals surface area contributed by atoms with Gasteiger partial charge < -0.3 is 15.2 Å². The van der Waals surface area contributed by atoms with E-state index >= 15 is 0 Å². The van der Waals surface area contributed by atoms with Crippen LogP contribution in [0.15, 0.2) is 4.52 Å². The Hall–Kier alpha value is -1.14. The monoisotopic (exact) mass is 330 g/mol. The molecule has 0 aliphatic heterocycles. The lowest BCUT2D eigenvalue weighted by molar-refractivity contribution is -0.125. The van der Waals surface area contributed by atoms with Gasteiger partial charge >= 0.3 is 0 Å². The molecule has 1 saturated carbocycles. The zero-order chi connectivity index (χ0) is 15.2. The molecular weight excluding hydrogens is 304 g/mol. The van der Waals surface area contributed by atoms with E-state index in [1.807, 2.05) is 14.0 Å². The number of amides is 1. The molecule has 1 fully saturated rings. The summed E-state index contributed by atoms with van der Waals surface area (Å²) in [7, 11) is 1.91. The lowest BCUT2D eigenvalue weighted by atomic mass is 10.1. The van der Waals surface area contributed by atoms with Crippen molar-refractivity contribution in [1.29, 1.82) is 0 Å². The lowest BCUT2D eigenvalue weighted by Crippen LogP contribution is -2.37. The number of nitrogens with zero attached hydrogens (tertiary/aromatic N) is 2. The van der Waals surface area contributed by atoms with Crippen molar-refractivity contribution in [2.75, 3.05) is 7.05 Å². The van der Waals surface area contributed by atoms with Gasteiger partial charge in [-0.05, 0) is 33.7 Å². The van der Waals surface area contributed by atoms with Crippen LogP contribution in [-0.4, -0.2) is 35.2 Å². The number of hydrogen-bond acceptors (Lipinski definition) is 5. The Morgan fingerprint density at radius 1 is 1.27 bits per heavy atom. The molecule has 0 aromatic carbocycles. The number of rotatable bonds is 7. The van der Waals surface area contributed by atoms with Gasteiger partial charge in [0.2, 0.25) is 11.8 Å². The fourth-order valence-electron chi connectivity index (χ4n) is 2.69. The molecule has 1 aliphatic rings. The Morgan fingerprint density at radius 2 is 1.95 bits per heavy atom. The average molecular weight is 331 g/mol. The molecule has 1 heterocycles. The highest BCUT2D eigenvalue weighted by Gasteiger charge is 2.24. The van der Waals surface area contributed by atoms with Crippen LogP contribution in [0, 0.1) is 5.92 Å². The van der Waals surface area contributed by atoms with E-state index in [-0.39, 0.29) is 30.3 Å². The fourth-order valence-corrected chi connectivity index (χ4v) is 2.69. The first-order chi connectivity index (χ1) is 10.1. The molecule has 7 heteroatoms. The van der Waals surface area contributed by atoms with Crippen LogP contribution in [-0.2, 0) is 17.6 Å². The van der Waals surface area contributed by atoms with Crippen molar-refractivity contribution >= 4 is 18.3 Å². The van der Waals surface area contributed by atoms with Crippen molar-refractivity contribution in [1.82, 2.24) is 20.8 Å². The lowest BCUT2D eigenvalue weighted by Gasteiger charge is -2.15. The van der Waals surface area contributed by atoms with Crippen molar-refractivity contribution < 1.29 is 9.32 Å². The summed E-state index contributed by atoms with van der Waals surface area (Å²) < 4.78 is 5.25. The van der Waals surface area contributed by atoms with E-state index in [1.165, 1.54) is 12.8 Å². The molecule has 2 rings (SSSR count). The van der Waals surface area contributed by atoms with Gasteiger partial charge in [0.25, 0.3) is 0 Å². The van der Waals surface area contributed by atoms with Crippen molar-refractivity contribution in [3.05, 3.63) is 11.7 Å². The largest absolute Gasteiger partial charge is 0.353 e. The zero-order valence-electron chi connectivity index (χ0n) is 13.6. The quantitative estimate of drug-likeness (QED) is 0.798. The number of likely N-dealkylation sites (N-methyl/N-ethyl adjacent to an activating group) is 1. The summed E-state index contributed by atoms with van der Waals surface area (Å²) in [5.41, 5.74) is 0. The molecule has 0 bridgehead atoms. The number of carbonyl (C=O) groups is 1. The molecule has 0 spiro atoms. The molecule has 1 aliphatic carbocycles. The molecule has 22 heavy (non-hydrogen) atoms. The molecule has 2 N–H and O–H groups in total. The maximum absolute atomic E-state index is 12.0. The molecular formula is C15H27ClN4O2. The second kappa shape index (κ2) is 9.10.